The molecule has 0 bridgehead atoms. The Bertz CT molecular complexity index is 602. The fourth-order valence-corrected chi connectivity index (χ4v) is 4.13. The van der Waals surface area contributed by atoms with E-state index in [2.05, 4.69) is 5.32 Å². The van der Waals surface area contributed by atoms with Crippen molar-refractivity contribution in [3.05, 3.63) is 29.8 Å². The predicted molar refractivity (Wildman–Crippen MR) is 87.3 cm³/mol. The van der Waals surface area contributed by atoms with Crippen molar-refractivity contribution in [2.45, 2.75) is 12.8 Å². The number of carbonyl (C=O) groups excluding carboxylic acids is 1. The van der Waals surface area contributed by atoms with Gasteiger partial charge in [0, 0.05) is 25.3 Å². The number of nitrogens with one attached hydrogen (secondary N) is 1. The van der Waals surface area contributed by atoms with Gasteiger partial charge in [-0.3, -0.25) is 9.10 Å². The first-order valence-corrected chi connectivity index (χ1v) is 9.89. The van der Waals surface area contributed by atoms with Crippen LogP contribution in [0, 0.1) is 0 Å². The van der Waals surface area contributed by atoms with Gasteiger partial charge in [0.2, 0.25) is 15.9 Å². The molecule has 0 aromatic heterocycles. The van der Waals surface area contributed by atoms with E-state index in [1.165, 1.54) is 4.31 Å². The van der Waals surface area contributed by atoms with E-state index in [-0.39, 0.29) is 18.2 Å². The van der Waals surface area contributed by atoms with E-state index in [0.29, 0.717) is 13.0 Å². The molecular formula is C14H20N2O3S2. The Kier molecular flexibility index (Phi) is 5.52. The zero-order chi connectivity index (χ0) is 15.3. The minimum absolute atomic E-state index is 0.0632. The first kappa shape index (κ1) is 16.2. The number of rotatable bonds is 7. The highest BCUT2D eigenvalue weighted by atomic mass is 32.2. The maximum absolute atomic E-state index is 12.4. The SMILES string of the molecule is CSCCC(=O)NCCS(=O)(=O)N1CCc2ccccc21. The third-order valence-electron chi connectivity index (χ3n) is 3.40. The molecule has 21 heavy (non-hydrogen) atoms. The molecule has 1 heterocycles. The molecule has 1 aliphatic heterocycles. The van der Waals surface area contributed by atoms with Crippen LogP contribution in [-0.4, -0.2) is 45.2 Å². The Morgan fingerprint density at radius 3 is 2.90 bits per heavy atom. The molecular weight excluding hydrogens is 308 g/mol. The van der Waals surface area contributed by atoms with Crippen molar-refractivity contribution in [1.82, 2.24) is 5.32 Å². The van der Waals surface area contributed by atoms with E-state index in [9.17, 15) is 13.2 Å². The lowest BCUT2D eigenvalue weighted by Crippen LogP contribution is -2.37. The predicted octanol–water partition coefficient (Wildman–Crippen LogP) is 1.25. The summed E-state index contributed by atoms with van der Waals surface area (Å²) in [6.45, 7) is 0.649. The summed E-state index contributed by atoms with van der Waals surface area (Å²) in [4.78, 5) is 11.5. The van der Waals surface area contributed by atoms with E-state index in [1.807, 2.05) is 30.5 Å². The van der Waals surface area contributed by atoms with Gasteiger partial charge in [0.25, 0.3) is 0 Å². The van der Waals surface area contributed by atoms with Crippen LogP contribution in [0.25, 0.3) is 0 Å². The third-order valence-corrected chi connectivity index (χ3v) is 5.78. The lowest BCUT2D eigenvalue weighted by Gasteiger charge is -2.19. The largest absolute Gasteiger partial charge is 0.355 e. The molecule has 0 atom stereocenters. The minimum atomic E-state index is -3.38. The van der Waals surface area contributed by atoms with Crippen LogP contribution < -0.4 is 9.62 Å². The van der Waals surface area contributed by atoms with Gasteiger partial charge in [-0.15, -0.1) is 0 Å². The molecule has 1 N–H and O–H groups in total. The number of hydrogen-bond donors (Lipinski definition) is 1. The number of nitrogens with zero attached hydrogens (tertiary/aromatic N) is 1. The second kappa shape index (κ2) is 7.17. The van der Waals surface area contributed by atoms with Crippen LogP contribution in [0.5, 0.6) is 0 Å². The second-order valence-electron chi connectivity index (χ2n) is 4.86. The minimum Gasteiger partial charge on any atom is -0.355 e. The summed E-state index contributed by atoms with van der Waals surface area (Å²) >= 11 is 1.59. The summed E-state index contributed by atoms with van der Waals surface area (Å²) < 4.78 is 26.2. The van der Waals surface area contributed by atoms with Crippen LogP contribution in [0.3, 0.4) is 0 Å². The molecule has 7 heteroatoms. The zero-order valence-electron chi connectivity index (χ0n) is 12.0. The van der Waals surface area contributed by atoms with Crippen molar-refractivity contribution >= 4 is 33.4 Å². The number of thioether (sulfide) groups is 1. The summed E-state index contributed by atoms with van der Waals surface area (Å²) in [6, 6.07) is 7.55. The first-order chi connectivity index (χ1) is 10.0. The van der Waals surface area contributed by atoms with E-state index in [1.54, 1.807) is 11.8 Å². The first-order valence-electron chi connectivity index (χ1n) is 6.88. The molecule has 0 unspecified atom stereocenters. The van der Waals surface area contributed by atoms with Crippen molar-refractivity contribution in [2.75, 3.05) is 35.2 Å². The van der Waals surface area contributed by atoms with E-state index < -0.39 is 10.0 Å². The topological polar surface area (TPSA) is 66.5 Å². The normalized spacial score (nSPS) is 14.0. The van der Waals surface area contributed by atoms with Gasteiger partial charge in [0.15, 0.2) is 0 Å². The highest BCUT2D eigenvalue weighted by molar-refractivity contribution is 7.98. The average Bonchev–Trinajstić information content (AvgIpc) is 2.89. The molecule has 1 amide bonds. The van der Waals surface area contributed by atoms with Gasteiger partial charge in [-0.05, 0) is 24.3 Å². The van der Waals surface area contributed by atoms with Crippen LogP contribution in [0.1, 0.15) is 12.0 Å². The van der Waals surface area contributed by atoms with E-state index in [0.717, 1.165) is 23.4 Å². The Labute approximate surface area is 130 Å². The summed E-state index contributed by atoms with van der Waals surface area (Å²) in [5, 5.41) is 2.66. The maximum Gasteiger partial charge on any atom is 0.236 e. The summed E-state index contributed by atoms with van der Waals surface area (Å²) in [5.41, 5.74) is 1.83. The quantitative estimate of drug-likeness (QED) is 0.818. The zero-order valence-corrected chi connectivity index (χ0v) is 13.7. The molecule has 0 saturated carbocycles. The summed E-state index contributed by atoms with van der Waals surface area (Å²) in [5.74, 6) is 0.589. The van der Waals surface area contributed by atoms with E-state index in [4.69, 9.17) is 0 Å². The number of fused-ring (bicyclic) bond motifs is 1. The smallest absolute Gasteiger partial charge is 0.236 e. The fourth-order valence-electron chi connectivity index (χ4n) is 2.31. The number of benzene rings is 1. The number of para-hydroxylation sites is 1. The van der Waals surface area contributed by atoms with Gasteiger partial charge < -0.3 is 5.32 Å². The molecule has 1 aliphatic rings. The Balaban J connectivity index is 1.90. The molecule has 0 fully saturated rings. The van der Waals surface area contributed by atoms with Gasteiger partial charge in [-0.1, -0.05) is 18.2 Å². The highest BCUT2D eigenvalue weighted by Crippen LogP contribution is 2.29. The number of sulfonamides is 1. The van der Waals surface area contributed by atoms with E-state index >= 15 is 0 Å². The number of hydrogen-bond acceptors (Lipinski definition) is 4. The van der Waals surface area contributed by atoms with Gasteiger partial charge in [0.05, 0.1) is 11.4 Å². The molecule has 2 rings (SSSR count). The molecule has 0 radical (unpaired) electrons. The molecule has 0 spiro atoms. The number of anilines is 1. The Hall–Kier alpha value is -1.21. The maximum atomic E-state index is 12.4. The van der Waals surface area contributed by atoms with Crippen molar-refractivity contribution < 1.29 is 13.2 Å². The molecule has 5 nitrogen and oxygen atoms in total. The van der Waals surface area contributed by atoms with Crippen molar-refractivity contribution in [3.63, 3.8) is 0 Å². The molecule has 0 aliphatic carbocycles. The lowest BCUT2D eigenvalue weighted by atomic mass is 10.2. The molecule has 1 aromatic carbocycles. The van der Waals surface area contributed by atoms with Crippen LogP contribution in [0.4, 0.5) is 5.69 Å². The Morgan fingerprint density at radius 1 is 1.38 bits per heavy atom. The van der Waals surface area contributed by atoms with Crippen LogP contribution >= 0.6 is 11.8 Å². The molecule has 0 saturated heterocycles. The number of carbonyl (C=O) groups is 1. The fraction of sp³-hybridized carbons (Fsp3) is 0.500. The standard InChI is InChI=1S/C14H20N2O3S2/c1-20-10-7-14(17)15-8-11-21(18,19)16-9-6-12-4-2-3-5-13(12)16/h2-5H,6-11H2,1H3,(H,15,17). The summed E-state index contributed by atoms with van der Waals surface area (Å²) in [7, 11) is -3.38. The monoisotopic (exact) mass is 328 g/mol. The number of amides is 1. The second-order valence-corrected chi connectivity index (χ2v) is 7.86. The van der Waals surface area contributed by atoms with Crippen molar-refractivity contribution in [2.24, 2.45) is 0 Å². The van der Waals surface area contributed by atoms with Crippen molar-refractivity contribution in [1.29, 1.82) is 0 Å². The Morgan fingerprint density at radius 2 is 2.14 bits per heavy atom. The van der Waals surface area contributed by atoms with Gasteiger partial charge in [-0.25, -0.2) is 8.42 Å². The van der Waals surface area contributed by atoms with Gasteiger partial charge in [0.1, 0.15) is 0 Å². The van der Waals surface area contributed by atoms with Crippen LogP contribution in [0.15, 0.2) is 24.3 Å². The van der Waals surface area contributed by atoms with Gasteiger partial charge in [-0.2, -0.15) is 11.8 Å². The van der Waals surface area contributed by atoms with Crippen LogP contribution in [-0.2, 0) is 21.2 Å². The van der Waals surface area contributed by atoms with Crippen LogP contribution in [0.2, 0.25) is 0 Å². The summed E-state index contributed by atoms with van der Waals surface area (Å²) in [6.07, 6.45) is 3.10. The third kappa shape index (κ3) is 4.14. The highest BCUT2D eigenvalue weighted by Gasteiger charge is 2.28. The average molecular weight is 328 g/mol. The van der Waals surface area contributed by atoms with Crippen molar-refractivity contribution in [3.8, 4) is 0 Å². The molecule has 116 valence electrons. The van der Waals surface area contributed by atoms with Gasteiger partial charge >= 0.3 is 0 Å². The lowest BCUT2D eigenvalue weighted by molar-refractivity contribution is -0.120. The molecule has 1 aromatic rings.